The van der Waals surface area contributed by atoms with Gasteiger partial charge in [0.1, 0.15) is 26.2 Å². The lowest BCUT2D eigenvalue weighted by atomic mass is 10.4. The van der Waals surface area contributed by atoms with E-state index in [1.54, 1.807) is 6.92 Å². The van der Waals surface area contributed by atoms with Crippen molar-refractivity contribution < 1.29 is 23.9 Å². The summed E-state index contributed by atoms with van der Waals surface area (Å²) in [4.78, 5) is 12.4. The van der Waals surface area contributed by atoms with E-state index in [9.17, 15) is 4.79 Å². The van der Waals surface area contributed by atoms with Crippen LogP contribution in [0.4, 0.5) is 0 Å². The Morgan fingerprint density at radius 3 is 2.83 bits per heavy atom. The maximum atomic E-state index is 11.0. The fourth-order valence-corrected chi connectivity index (χ4v) is 1.59. The molecule has 0 aromatic rings. The van der Waals surface area contributed by atoms with Gasteiger partial charge in [0.2, 0.25) is 0 Å². The van der Waals surface area contributed by atoms with Crippen LogP contribution in [-0.4, -0.2) is 58.6 Å². The molecule has 1 saturated heterocycles. The molecule has 5 heteroatoms. The molecule has 0 aliphatic carbocycles. The summed E-state index contributed by atoms with van der Waals surface area (Å²) in [5.41, 5.74) is 0. The number of morpholine rings is 1. The van der Waals surface area contributed by atoms with Gasteiger partial charge in [0.25, 0.3) is 0 Å². The SMILES string of the molecule is CCOC(=O)CCOCC#CC[NH+]1CCOCC1. The fourth-order valence-electron chi connectivity index (χ4n) is 1.59. The average molecular weight is 256 g/mol. The van der Waals surface area contributed by atoms with E-state index >= 15 is 0 Å². The maximum Gasteiger partial charge on any atom is 0.308 e. The summed E-state index contributed by atoms with van der Waals surface area (Å²) in [6, 6.07) is 0. The van der Waals surface area contributed by atoms with E-state index in [2.05, 4.69) is 11.8 Å². The summed E-state index contributed by atoms with van der Waals surface area (Å²) in [6.07, 6.45) is 0.296. The van der Waals surface area contributed by atoms with Crippen LogP contribution >= 0.6 is 0 Å². The summed E-state index contributed by atoms with van der Waals surface area (Å²) in [7, 11) is 0. The highest BCUT2D eigenvalue weighted by atomic mass is 16.5. The van der Waals surface area contributed by atoms with Gasteiger partial charge in [0.15, 0.2) is 0 Å². The van der Waals surface area contributed by atoms with Crippen molar-refractivity contribution in [1.29, 1.82) is 0 Å². The Morgan fingerprint density at radius 2 is 2.11 bits per heavy atom. The van der Waals surface area contributed by atoms with E-state index in [0.29, 0.717) is 26.2 Å². The van der Waals surface area contributed by atoms with Gasteiger partial charge in [-0.1, -0.05) is 5.92 Å². The Hall–Kier alpha value is -1.09. The molecule has 1 rings (SSSR count). The average Bonchev–Trinajstić information content (AvgIpc) is 2.39. The van der Waals surface area contributed by atoms with Gasteiger partial charge in [-0.25, -0.2) is 0 Å². The smallest absolute Gasteiger partial charge is 0.308 e. The molecule has 1 aliphatic rings. The Labute approximate surface area is 108 Å². The largest absolute Gasteiger partial charge is 0.466 e. The third kappa shape index (κ3) is 7.28. The second kappa shape index (κ2) is 9.89. The van der Waals surface area contributed by atoms with Crippen LogP contribution in [0.1, 0.15) is 13.3 Å². The second-order valence-electron chi connectivity index (χ2n) is 4.00. The molecule has 102 valence electrons. The van der Waals surface area contributed by atoms with Gasteiger partial charge in [-0.05, 0) is 12.8 Å². The number of hydrogen-bond donors (Lipinski definition) is 1. The molecule has 0 bridgehead atoms. The third-order valence-corrected chi connectivity index (χ3v) is 2.59. The van der Waals surface area contributed by atoms with Gasteiger partial charge in [-0.2, -0.15) is 0 Å². The topological polar surface area (TPSA) is 49.2 Å². The van der Waals surface area contributed by atoms with E-state index in [-0.39, 0.29) is 5.97 Å². The van der Waals surface area contributed by atoms with Gasteiger partial charge in [-0.15, -0.1) is 0 Å². The molecule has 0 spiro atoms. The predicted molar refractivity (Wildman–Crippen MR) is 66.2 cm³/mol. The molecule has 0 unspecified atom stereocenters. The standard InChI is InChI=1S/C13H21NO4/c1-2-18-13(15)5-10-16-9-4-3-6-14-7-11-17-12-8-14/h2,5-12H2,1H3/p+1. The summed E-state index contributed by atoms with van der Waals surface area (Å²) < 4.78 is 15.3. The van der Waals surface area contributed by atoms with Crippen molar-refractivity contribution in [1.82, 2.24) is 0 Å². The first-order valence-corrected chi connectivity index (χ1v) is 6.43. The molecule has 1 fully saturated rings. The number of ether oxygens (including phenoxy) is 3. The van der Waals surface area contributed by atoms with Gasteiger partial charge in [0.05, 0.1) is 32.8 Å². The number of nitrogens with one attached hydrogen (secondary N) is 1. The van der Waals surface area contributed by atoms with Crippen molar-refractivity contribution in [3.05, 3.63) is 0 Å². The van der Waals surface area contributed by atoms with Crippen molar-refractivity contribution >= 4 is 5.97 Å². The zero-order chi connectivity index (χ0) is 13.1. The number of quaternary nitrogens is 1. The van der Waals surface area contributed by atoms with Crippen molar-refractivity contribution in [2.24, 2.45) is 0 Å². The van der Waals surface area contributed by atoms with Crippen molar-refractivity contribution in [3.8, 4) is 11.8 Å². The number of carbonyl (C=O) groups is 1. The van der Waals surface area contributed by atoms with Crippen LogP contribution in [0.5, 0.6) is 0 Å². The number of esters is 1. The summed E-state index contributed by atoms with van der Waals surface area (Å²) in [6.45, 7) is 7.50. The minimum atomic E-state index is -0.219. The van der Waals surface area contributed by atoms with E-state index in [4.69, 9.17) is 14.2 Å². The predicted octanol–water partition coefficient (Wildman–Crippen LogP) is -1.13. The molecule has 0 amide bonds. The quantitative estimate of drug-likeness (QED) is 0.371. The highest BCUT2D eigenvalue weighted by Crippen LogP contribution is 1.87. The molecule has 1 N–H and O–H groups in total. The first-order chi connectivity index (χ1) is 8.83. The van der Waals surface area contributed by atoms with E-state index in [0.717, 1.165) is 32.8 Å². The zero-order valence-electron chi connectivity index (χ0n) is 11.0. The molecular formula is C13H22NO4+. The second-order valence-corrected chi connectivity index (χ2v) is 4.00. The molecule has 0 saturated carbocycles. The lowest BCUT2D eigenvalue weighted by molar-refractivity contribution is -0.900. The monoisotopic (exact) mass is 256 g/mol. The van der Waals surface area contributed by atoms with Crippen molar-refractivity contribution in [2.75, 3.05) is 52.7 Å². The zero-order valence-corrected chi connectivity index (χ0v) is 11.0. The number of rotatable bonds is 6. The molecule has 5 nitrogen and oxygen atoms in total. The fraction of sp³-hybridized carbons (Fsp3) is 0.769. The summed E-state index contributed by atoms with van der Waals surface area (Å²) in [5.74, 6) is 5.82. The molecule has 0 atom stereocenters. The van der Waals surface area contributed by atoms with Crippen LogP contribution in [0, 0.1) is 11.8 Å². The lowest BCUT2D eigenvalue weighted by Gasteiger charge is -2.21. The molecule has 18 heavy (non-hydrogen) atoms. The molecule has 0 aromatic carbocycles. The summed E-state index contributed by atoms with van der Waals surface area (Å²) in [5, 5.41) is 0. The van der Waals surface area contributed by atoms with Crippen LogP contribution < -0.4 is 4.90 Å². The highest BCUT2D eigenvalue weighted by Gasteiger charge is 2.11. The first kappa shape index (κ1) is 15.0. The van der Waals surface area contributed by atoms with E-state index < -0.39 is 0 Å². The van der Waals surface area contributed by atoms with Gasteiger partial charge >= 0.3 is 5.97 Å². The maximum absolute atomic E-state index is 11.0. The minimum absolute atomic E-state index is 0.219. The molecule has 1 heterocycles. The van der Waals surface area contributed by atoms with E-state index in [1.807, 2.05) is 0 Å². The van der Waals surface area contributed by atoms with Gasteiger partial charge in [-0.3, -0.25) is 4.79 Å². The van der Waals surface area contributed by atoms with Crippen LogP contribution in [-0.2, 0) is 19.0 Å². The van der Waals surface area contributed by atoms with Crippen molar-refractivity contribution in [2.45, 2.75) is 13.3 Å². The van der Waals surface area contributed by atoms with Gasteiger partial charge in [0, 0.05) is 0 Å². The van der Waals surface area contributed by atoms with Crippen LogP contribution in [0.3, 0.4) is 0 Å². The Kier molecular flexibility index (Phi) is 8.23. The lowest BCUT2D eigenvalue weighted by Crippen LogP contribution is -3.14. The number of carbonyl (C=O) groups excluding carboxylic acids is 1. The van der Waals surface area contributed by atoms with Crippen molar-refractivity contribution in [3.63, 3.8) is 0 Å². The minimum Gasteiger partial charge on any atom is -0.466 e. The third-order valence-electron chi connectivity index (χ3n) is 2.59. The van der Waals surface area contributed by atoms with Gasteiger partial charge < -0.3 is 19.1 Å². The number of hydrogen-bond acceptors (Lipinski definition) is 4. The highest BCUT2D eigenvalue weighted by molar-refractivity contribution is 5.69. The summed E-state index contributed by atoms with van der Waals surface area (Å²) >= 11 is 0. The molecule has 0 radical (unpaired) electrons. The van der Waals surface area contributed by atoms with Crippen LogP contribution in [0.2, 0.25) is 0 Å². The Morgan fingerprint density at radius 1 is 1.33 bits per heavy atom. The normalized spacial score (nSPS) is 15.8. The Bertz CT molecular complexity index is 289. The Balaban J connectivity index is 1.95. The van der Waals surface area contributed by atoms with Crippen LogP contribution in [0.25, 0.3) is 0 Å². The molecule has 0 aromatic heterocycles. The van der Waals surface area contributed by atoms with E-state index in [1.165, 1.54) is 4.90 Å². The van der Waals surface area contributed by atoms with Crippen LogP contribution in [0.15, 0.2) is 0 Å². The first-order valence-electron chi connectivity index (χ1n) is 6.43. The molecule has 1 aliphatic heterocycles. The molecular weight excluding hydrogens is 234 g/mol.